The summed E-state index contributed by atoms with van der Waals surface area (Å²) in [6.45, 7) is -0.474. The molecule has 19 heavy (non-hydrogen) atoms. The van der Waals surface area contributed by atoms with E-state index in [9.17, 15) is 10.2 Å². The number of ether oxygens (including phenoxy) is 1. The monoisotopic (exact) mass is 300 g/mol. The molecule has 0 bridgehead atoms. The predicted molar refractivity (Wildman–Crippen MR) is 71.2 cm³/mol. The number of aromatic amines is 1. The number of nitrogens with zero attached hydrogens (tertiary/aromatic N) is 1. The summed E-state index contributed by atoms with van der Waals surface area (Å²) in [6, 6.07) is 1.55. The number of terminal acetylenes is 1. The normalized spacial score (nSPS) is 34.1. The molecule has 0 spiro atoms. The van der Waals surface area contributed by atoms with Crippen molar-refractivity contribution in [1.29, 1.82) is 0 Å². The van der Waals surface area contributed by atoms with Gasteiger partial charge in [-0.15, -0.1) is 6.42 Å². The van der Waals surface area contributed by atoms with E-state index in [1.165, 1.54) is 10.8 Å². The van der Waals surface area contributed by atoms with E-state index in [-0.39, 0.29) is 4.77 Å². The summed E-state index contributed by atoms with van der Waals surface area (Å²) < 4.78 is 7.35. The van der Waals surface area contributed by atoms with Crippen LogP contribution < -0.4 is 0 Å². The quantitative estimate of drug-likeness (QED) is 0.450. The summed E-state index contributed by atoms with van der Waals surface area (Å²) in [5.41, 5.74) is -1.98. The lowest BCUT2D eigenvalue weighted by Crippen LogP contribution is -2.45. The Morgan fingerprint density at radius 3 is 2.79 bits per heavy atom. The second kappa shape index (κ2) is 5.13. The van der Waals surface area contributed by atoms with E-state index < -0.39 is 30.6 Å². The van der Waals surface area contributed by atoms with Gasteiger partial charge in [-0.3, -0.25) is 4.57 Å². The number of aliphatic hydroxyl groups excluding tert-OH is 2. The Labute approximate surface area is 119 Å². The summed E-state index contributed by atoms with van der Waals surface area (Å²) in [5, 5.41) is 29.4. The number of hydrogen-bond acceptors (Lipinski definition) is 6. The van der Waals surface area contributed by atoms with Crippen LogP contribution >= 0.6 is 24.4 Å². The maximum absolute atomic E-state index is 10.3. The molecule has 1 aliphatic rings. The maximum atomic E-state index is 10.3. The van der Waals surface area contributed by atoms with E-state index in [1.807, 2.05) is 0 Å². The molecule has 1 aliphatic heterocycles. The molecular formula is C11H12N2O4S2. The zero-order valence-corrected chi connectivity index (χ0v) is 11.3. The van der Waals surface area contributed by atoms with Crippen LogP contribution in [0.5, 0.6) is 0 Å². The first-order chi connectivity index (χ1) is 8.93. The molecule has 0 aromatic carbocycles. The van der Waals surface area contributed by atoms with Crippen LogP contribution in [0.25, 0.3) is 0 Å². The Morgan fingerprint density at radius 1 is 1.58 bits per heavy atom. The van der Waals surface area contributed by atoms with Crippen LogP contribution in [-0.2, 0) is 4.74 Å². The van der Waals surface area contributed by atoms with Crippen molar-refractivity contribution in [3.63, 3.8) is 0 Å². The van der Waals surface area contributed by atoms with Crippen molar-refractivity contribution in [3.05, 3.63) is 21.7 Å². The van der Waals surface area contributed by atoms with Gasteiger partial charge < -0.3 is 25.0 Å². The van der Waals surface area contributed by atoms with Crippen molar-refractivity contribution >= 4 is 24.4 Å². The molecule has 8 heteroatoms. The summed E-state index contributed by atoms with van der Waals surface area (Å²) in [7, 11) is 0. The van der Waals surface area contributed by atoms with Crippen LogP contribution in [0, 0.1) is 21.8 Å². The zero-order chi connectivity index (χ0) is 14.2. The van der Waals surface area contributed by atoms with Crippen molar-refractivity contribution in [1.82, 2.24) is 9.55 Å². The smallest absolute Gasteiger partial charge is 0.199 e. The van der Waals surface area contributed by atoms with Crippen LogP contribution in [0.2, 0.25) is 0 Å². The molecule has 4 N–H and O–H groups in total. The van der Waals surface area contributed by atoms with Crippen LogP contribution in [0.3, 0.4) is 0 Å². The summed E-state index contributed by atoms with van der Waals surface area (Å²) in [6.07, 6.45) is 3.27. The average molecular weight is 300 g/mol. The standard InChI is InChI=1S/C11H12N2O4S2/c1-2-11(16)8(15)6(5-14)17-9(11)13-4-3-7(18)12-10(13)19/h1,3-4,6,8-9,14-16H,5H2,(H,12,18,19)/t6-,8?,9-,11-/m1/s1. The third-order valence-corrected chi connectivity index (χ3v) is 3.55. The lowest BCUT2D eigenvalue weighted by molar-refractivity contribution is -0.0754. The lowest BCUT2D eigenvalue weighted by atomic mass is 9.95. The number of nitrogens with one attached hydrogen (secondary N) is 1. The van der Waals surface area contributed by atoms with Crippen molar-refractivity contribution in [2.24, 2.45) is 0 Å². The van der Waals surface area contributed by atoms with Crippen molar-refractivity contribution < 1.29 is 20.1 Å². The Bertz CT molecular complexity index is 635. The molecule has 1 aromatic heterocycles. The second-order valence-electron chi connectivity index (χ2n) is 4.14. The fraction of sp³-hybridized carbons (Fsp3) is 0.455. The highest BCUT2D eigenvalue weighted by molar-refractivity contribution is 7.72. The van der Waals surface area contributed by atoms with E-state index in [0.29, 0.717) is 4.64 Å². The lowest BCUT2D eigenvalue weighted by Gasteiger charge is -2.26. The third kappa shape index (κ3) is 2.25. The van der Waals surface area contributed by atoms with Gasteiger partial charge in [0.2, 0.25) is 0 Å². The number of hydrogen-bond donors (Lipinski definition) is 4. The van der Waals surface area contributed by atoms with Gasteiger partial charge in [-0.2, -0.15) is 0 Å². The van der Waals surface area contributed by atoms with Gasteiger partial charge in [0.1, 0.15) is 16.8 Å². The highest BCUT2D eigenvalue weighted by atomic mass is 32.1. The molecule has 4 atom stereocenters. The first-order valence-corrected chi connectivity index (χ1v) is 6.21. The molecule has 6 nitrogen and oxygen atoms in total. The van der Waals surface area contributed by atoms with Gasteiger partial charge in [-0.25, -0.2) is 0 Å². The molecule has 0 aliphatic carbocycles. The number of aliphatic hydroxyl groups is 3. The average Bonchev–Trinajstić information content (AvgIpc) is 2.63. The number of aromatic nitrogens is 2. The fourth-order valence-corrected chi connectivity index (χ4v) is 2.45. The fourth-order valence-electron chi connectivity index (χ4n) is 1.96. The van der Waals surface area contributed by atoms with Crippen LogP contribution in [0.15, 0.2) is 12.3 Å². The van der Waals surface area contributed by atoms with E-state index >= 15 is 0 Å². The maximum Gasteiger partial charge on any atom is 0.199 e. The summed E-state index contributed by atoms with van der Waals surface area (Å²) >= 11 is 10.00. The van der Waals surface area contributed by atoms with E-state index in [4.69, 9.17) is 40.7 Å². The molecule has 0 saturated carbocycles. The molecule has 2 rings (SSSR count). The first-order valence-electron chi connectivity index (χ1n) is 5.40. The van der Waals surface area contributed by atoms with E-state index in [1.54, 1.807) is 6.07 Å². The molecule has 0 radical (unpaired) electrons. The van der Waals surface area contributed by atoms with E-state index in [0.717, 1.165) is 0 Å². The Morgan fingerprint density at radius 2 is 2.26 bits per heavy atom. The molecule has 1 unspecified atom stereocenters. The van der Waals surface area contributed by atoms with Gasteiger partial charge >= 0.3 is 0 Å². The Kier molecular flexibility index (Phi) is 3.87. The highest BCUT2D eigenvalue weighted by Crippen LogP contribution is 2.37. The molecule has 0 amide bonds. The van der Waals surface area contributed by atoms with Gasteiger partial charge in [-0.1, -0.05) is 18.1 Å². The molecule has 2 heterocycles. The van der Waals surface area contributed by atoms with Gasteiger partial charge in [0.25, 0.3) is 0 Å². The highest BCUT2D eigenvalue weighted by Gasteiger charge is 2.55. The molecule has 1 fully saturated rings. The number of rotatable bonds is 2. The minimum Gasteiger partial charge on any atom is -0.394 e. The van der Waals surface area contributed by atoms with Crippen molar-refractivity contribution in [2.45, 2.75) is 24.0 Å². The van der Waals surface area contributed by atoms with Crippen LogP contribution in [0.4, 0.5) is 0 Å². The Hall–Kier alpha value is -1.08. The topological polar surface area (TPSA) is 90.6 Å². The predicted octanol–water partition coefficient (Wildman–Crippen LogP) is -0.110. The minimum absolute atomic E-state index is 0.192. The second-order valence-corrected chi connectivity index (χ2v) is 4.97. The third-order valence-electron chi connectivity index (χ3n) is 3.00. The molecule has 1 saturated heterocycles. The number of H-pyrrole nitrogens is 1. The minimum atomic E-state index is -1.98. The SMILES string of the molecule is C#C[C@@]1(O)C(O)[C@@H](CO)O[C@H]1n1ccc(=S)[nH]c1=S. The van der Waals surface area contributed by atoms with Gasteiger partial charge in [0.15, 0.2) is 16.6 Å². The van der Waals surface area contributed by atoms with Crippen LogP contribution in [-0.4, -0.2) is 49.3 Å². The largest absolute Gasteiger partial charge is 0.394 e. The molecule has 102 valence electrons. The van der Waals surface area contributed by atoms with E-state index in [2.05, 4.69) is 10.9 Å². The van der Waals surface area contributed by atoms with Gasteiger partial charge in [-0.05, 0) is 18.3 Å². The molecular weight excluding hydrogens is 288 g/mol. The Balaban J connectivity index is 2.52. The summed E-state index contributed by atoms with van der Waals surface area (Å²) in [5.74, 6) is 2.11. The summed E-state index contributed by atoms with van der Waals surface area (Å²) in [4.78, 5) is 2.71. The van der Waals surface area contributed by atoms with Gasteiger partial charge in [0, 0.05) is 6.20 Å². The van der Waals surface area contributed by atoms with Crippen LogP contribution in [0.1, 0.15) is 6.23 Å². The van der Waals surface area contributed by atoms with Crippen molar-refractivity contribution in [3.8, 4) is 12.3 Å². The zero-order valence-electron chi connectivity index (χ0n) is 9.68. The van der Waals surface area contributed by atoms with Gasteiger partial charge in [0.05, 0.1) is 6.61 Å². The molecule has 1 aromatic rings. The first kappa shape index (κ1) is 14.3. The van der Waals surface area contributed by atoms with Crippen molar-refractivity contribution in [2.75, 3.05) is 6.61 Å².